The van der Waals surface area contributed by atoms with Crippen molar-refractivity contribution in [2.24, 2.45) is 0 Å². The molecule has 2 aromatic rings. The number of aryl methyl sites for hydroxylation is 2. The predicted molar refractivity (Wildman–Crippen MR) is 106 cm³/mol. The van der Waals surface area contributed by atoms with Gasteiger partial charge in [0.2, 0.25) is 5.91 Å². The molecule has 27 heavy (non-hydrogen) atoms. The second-order valence-corrected chi connectivity index (χ2v) is 7.05. The lowest BCUT2D eigenvalue weighted by molar-refractivity contribution is -0.120. The van der Waals surface area contributed by atoms with Crippen molar-refractivity contribution in [3.8, 4) is 0 Å². The largest absolute Gasteiger partial charge is 0.357 e. The summed E-state index contributed by atoms with van der Waals surface area (Å²) in [6, 6.07) is 9.61. The number of amides is 2. The summed E-state index contributed by atoms with van der Waals surface area (Å²) in [7, 11) is 0. The molecule has 1 fully saturated rings. The number of rotatable bonds is 6. The fourth-order valence-electron chi connectivity index (χ4n) is 3.29. The number of carbonyl (C=O) groups is 2. The summed E-state index contributed by atoms with van der Waals surface area (Å²) in [6.07, 6.45) is 4.22. The molecule has 6 heteroatoms. The molecule has 0 saturated carbocycles. The van der Waals surface area contributed by atoms with E-state index in [-0.39, 0.29) is 18.4 Å². The average molecular weight is 366 g/mol. The topological polar surface area (TPSA) is 74.3 Å². The fourth-order valence-corrected chi connectivity index (χ4v) is 3.29. The third-order valence-corrected chi connectivity index (χ3v) is 4.62. The van der Waals surface area contributed by atoms with Crippen molar-refractivity contribution in [2.45, 2.75) is 33.2 Å². The Hall–Kier alpha value is -2.89. The maximum Gasteiger partial charge on any atom is 0.251 e. The minimum Gasteiger partial charge on any atom is -0.357 e. The molecule has 6 nitrogen and oxygen atoms in total. The first kappa shape index (κ1) is 18.9. The summed E-state index contributed by atoms with van der Waals surface area (Å²) in [5, 5.41) is 5.47. The van der Waals surface area contributed by atoms with Crippen LogP contribution in [0.25, 0.3) is 0 Å². The van der Waals surface area contributed by atoms with E-state index < -0.39 is 0 Å². The molecule has 1 aliphatic heterocycles. The van der Waals surface area contributed by atoms with Gasteiger partial charge >= 0.3 is 0 Å². The Bertz CT molecular complexity index is 791. The van der Waals surface area contributed by atoms with E-state index in [2.05, 4.69) is 20.5 Å². The van der Waals surface area contributed by atoms with Gasteiger partial charge in [-0.05, 0) is 50.5 Å². The van der Waals surface area contributed by atoms with Crippen LogP contribution in [0.15, 0.2) is 36.5 Å². The number of aromatic nitrogens is 1. The van der Waals surface area contributed by atoms with Crippen molar-refractivity contribution in [2.75, 3.05) is 24.5 Å². The second-order valence-electron chi connectivity index (χ2n) is 7.05. The van der Waals surface area contributed by atoms with Crippen LogP contribution in [-0.4, -0.2) is 36.4 Å². The average Bonchev–Trinajstić information content (AvgIpc) is 3.19. The summed E-state index contributed by atoms with van der Waals surface area (Å²) in [5.74, 6) is 0.521. The molecule has 1 saturated heterocycles. The Kier molecular flexibility index (Phi) is 6.06. The molecule has 3 rings (SSSR count). The van der Waals surface area contributed by atoms with Gasteiger partial charge in [0, 0.05) is 31.4 Å². The van der Waals surface area contributed by atoms with Crippen molar-refractivity contribution < 1.29 is 9.59 Å². The Morgan fingerprint density at radius 2 is 1.74 bits per heavy atom. The van der Waals surface area contributed by atoms with E-state index in [0.717, 1.165) is 35.6 Å². The van der Waals surface area contributed by atoms with Crippen molar-refractivity contribution in [1.29, 1.82) is 0 Å². The van der Waals surface area contributed by atoms with Gasteiger partial charge in [-0.1, -0.05) is 23.3 Å². The molecule has 2 N–H and O–H groups in total. The molecule has 0 unspecified atom stereocenters. The number of carbonyl (C=O) groups excluding carboxylic acids is 2. The molecule has 2 amide bonds. The lowest BCUT2D eigenvalue weighted by Gasteiger charge is -2.16. The van der Waals surface area contributed by atoms with Crippen LogP contribution in [0, 0.1) is 13.8 Å². The van der Waals surface area contributed by atoms with E-state index in [4.69, 9.17) is 0 Å². The van der Waals surface area contributed by atoms with Crippen LogP contribution in [0.3, 0.4) is 0 Å². The zero-order valence-electron chi connectivity index (χ0n) is 15.9. The highest BCUT2D eigenvalue weighted by molar-refractivity contribution is 5.96. The Morgan fingerprint density at radius 1 is 1.04 bits per heavy atom. The number of hydrogen-bond acceptors (Lipinski definition) is 4. The van der Waals surface area contributed by atoms with Crippen molar-refractivity contribution in [1.82, 2.24) is 15.6 Å². The minimum absolute atomic E-state index is 0.0505. The van der Waals surface area contributed by atoms with Gasteiger partial charge in [-0.25, -0.2) is 4.98 Å². The van der Waals surface area contributed by atoms with E-state index in [0.29, 0.717) is 12.1 Å². The van der Waals surface area contributed by atoms with Crippen molar-refractivity contribution in [3.05, 3.63) is 58.8 Å². The first-order valence-electron chi connectivity index (χ1n) is 9.34. The molecular weight excluding hydrogens is 340 g/mol. The molecule has 0 bridgehead atoms. The van der Waals surface area contributed by atoms with E-state index >= 15 is 0 Å². The van der Waals surface area contributed by atoms with Crippen LogP contribution < -0.4 is 15.5 Å². The number of anilines is 1. The lowest BCUT2D eigenvalue weighted by atomic mass is 10.1. The molecule has 1 aliphatic rings. The highest BCUT2D eigenvalue weighted by atomic mass is 16.2. The van der Waals surface area contributed by atoms with Crippen LogP contribution in [0.5, 0.6) is 0 Å². The molecule has 0 aliphatic carbocycles. The van der Waals surface area contributed by atoms with Crippen LogP contribution in [0.1, 0.15) is 39.9 Å². The number of nitrogens with zero attached hydrogens (tertiary/aromatic N) is 2. The van der Waals surface area contributed by atoms with Gasteiger partial charge in [0.15, 0.2) is 0 Å². The normalized spacial score (nSPS) is 13.5. The molecule has 1 aromatic heterocycles. The molecule has 142 valence electrons. The van der Waals surface area contributed by atoms with Gasteiger partial charge in [-0.2, -0.15) is 0 Å². The third kappa shape index (κ3) is 5.29. The van der Waals surface area contributed by atoms with Crippen molar-refractivity contribution in [3.63, 3.8) is 0 Å². The summed E-state index contributed by atoms with van der Waals surface area (Å²) in [5.41, 5.74) is 3.55. The summed E-state index contributed by atoms with van der Waals surface area (Å²) >= 11 is 0. The van der Waals surface area contributed by atoms with Gasteiger partial charge in [-0.3, -0.25) is 9.59 Å². The van der Waals surface area contributed by atoms with E-state index in [9.17, 15) is 9.59 Å². The molecule has 2 heterocycles. The molecule has 1 aromatic carbocycles. The lowest BCUT2D eigenvalue weighted by Crippen LogP contribution is -2.36. The Labute approximate surface area is 160 Å². The Morgan fingerprint density at radius 3 is 2.37 bits per heavy atom. The zero-order valence-corrected chi connectivity index (χ0v) is 15.9. The van der Waals surface area contributed by atoms with Gasteiger partial charge in [-0.15, -0.1) is 0 Å². The number of benzene rings is 1. The van der Waals surface area contributed by atoms with Crippen LogP contribution >= 0.6 is 0 Å². The van der Waals surface area contributed by atoms with Gasteiger partial charge in [0.25, 0.3) is 5.91 Å². The van der Waals surface area contributed by atoms with Gasteiger partial charge in [0.05, 0.1) is 6.54 Å². The SMILES string of the molecule is Cc1cc(C)cc(C(=O)NCC(=O)NCc2ccc(N3CCCC3)nc2)c1. The molecular formula is C21H26N4O2. The first-order chi connectivity index (χ1) is 13.0. The van der Waals surface area contributed by atoms with Gasteiger partial charge in [0.1, 0.15) is 5.82 Å². The predicted octanol–water partition coefficient (Wildman–Crippen LogP) is 2.34. The number of pyridine rings is 1. The van der Waals surface area contributed by atoms with E-state index in [1.54, 1.807) is 6.20 Å². The highest BCUT2D eigenvalue weighted by Gasteiger charge is 2.13. The van der Waals surface area contributed by atoms with Crippen LogP contribution in [0.2, 0.25) is 0 Å². The first-order valence-corrected chi connectivity index (χ1v) is 9.34. The van der Waals surface area contributed by atoms with E-state index in [1.807, 2.05) is 44.2 Å². The second kappa shape index (κ2) is 8.66. The fraction of sp³-hybridized carbons (Fsp3) is 0.381. The standard InChI is InChI=1S/C21H26N4O2/c1-15-9-16(2)11-18(10-15)21(27)24-14-20(26)23-13-17-5-6-19(22-12-17)25-7-3-4-8-25/h5-6,9-12H,3-4,7-8,13-14H2,1-2H3,(H,23,26)(H,24,27). The van der Waals surface area contributed by atoms with Crippen LogP contribution in [-0.2, 0) is 11.3 Å². The molecule has 0 atom stereocenters. The Balaban J connectivity index is 1.44. The smallest absolute Gasteiger partial charge is 0.251 e. The summed E-state index contributed by atoms with van der Waals surface area (Å²) in [6.45, 7) is 6.35. The quantitative estimate of drug-likeness (QED) is 0.823. The van der Waals surface area contributed by atoms with E-state index in [1.165, 1.54) is 12.8 Å². The number of hydrogen-bond donors (Lipinski definition) is 2. The molecule has 0 radical (unpaired) electrons. The van der Waals surface area contributed by atoms with Crippen LogP contribution in [0.4, 0.5) is 5.82 Å². The maximum absolute atomic E-state index is 12.2. The monoisotopic (exact) mass is 366 g/mol. The van der Waals surface area contributed by atoms with Gasteiger partial charge < -0.3 is 15.5 Å². The minimum atomic E-state index is -0.242. The summed E-state index contributed by atoms with van der Waals surface area (Å²) in [4.78, 5) is 30.9. The highest BCUT2D eigenvalue weighted by Crippen LogP contribution is 2.17. The zero-order chi connectivity index (χ0) is 19.2. The summed E-state index contributed by atoms with van der Waals surface area (Å²) < 4.78 is 0. The number of nitrogens with one attached hydrogen (secondary N) is 2. The third-order valence-electron chi connectivity index (χ3n) is 4.62. The molecule has 0 spiro atoms. The van der Waals surface area contributed by atoms with Crippen molar-refractivity contribution >= 4 is 17.6 Å². The maximum atomic E-state index is 12.2.